The molecule has 3 rings (SSSR count). The zero-order valence-corrected chi connectivity index (χ0v) is 12.1. The zero-order chi connectivity index (χ0) is 13.9. The van der Waals surface area contributed by atoms with Gasteiger partial charge in [0.05, 0.1) is 4.21 Å². The maximum atomic E-state index is 11.8. The summed E-state index contributed by atoms with van der Waals surface area (Å²) in [5, 5.41) is 2.98. The SMILES string of the molecule is NNC(=O)c1oc2ccccc2c1CSc1cccs1. The Balaban J connectivity index is 1.99. The Bertz CT molecular complexity index is 735. The lowest BCUT2D eigenvalue weighted by Gasteiger charge is -2.01. The van der Waals surface area contributed by atoms with Crippen LogP contribution in [0.3, 0.4) is 0 Å². The van der Waals surface area contributed by atoms with E-state index in [4.69, 9.17) is 10.3 Å². The lowest BCUT2D eigenvalue weighted by atomic mass is 10.1. The van der Waals surface area contributed by atoms with Crippen LogP contribution in [0.1, 0.15) is 16.1 Å². The molecule has 1 aromatic carbocycles. The molecule has 2 aromatic heterocycles. The first-order chi connectivity index (χ1) is 9.79. The molecule has 20 heavy (non-hydrogen) atoms. The summed E-state index contributed by atoms with van der Waals surface area (Å²) in [6.07, 6.45) is 0. The summed E-state index contributed by atoms with van der Waals surface area (Å²) in [6, 6.07) is 11.7. The van der Waals surface area contributed by atoms with Gasteiger partial charge < -0.3 is 4.42 Å². The Morgan fingerprint density at radius 2 is 2.15 bits per heavy atom. The van der Waals surface area contributed by atoms with Gasteiger partial charge in [-0.05, 0) is 17.5 Å². The molecule has 6 heteroatoms. The summed E-state index contributed by atoms with van der Waals surface area (Å²) in [4.78, 5) is 11.8. The van der Waals surface area contributed by atoms with Gasteiger partial charge in [-0.25, -0.2) is 5.84 Å². The summed E-state index contributed by atoms with van der Waals surface area (Å²) in [5.74, 6) is 5.78. The summed E-state index contributed by atoms with van der Waals surface area (Å²) in [6.45, 7) is 0. The van der Waals surface area contributed by atoms with Gasteiger partial charge in [0, 0.05) is 16.7 Å². The number of furan rings is 1. The molecule has 0 unspecified atom stereocenters. The van der Waals surface area contributed by atoms with Gasteiger partial charge in [0.25, 0.3) is 0 Å². The van der Waals surface area contributed by atoms with Crippen molar-refractivity contribution in [2.24, 2.45) is 5.84 Å². The predicted molar refractivity (Wildman–Crippen MR) is 81.7 cm³/mol. The van der Waals surface area contributed by atoms with Crippen molar-refractivity contribution in [1.82, 2.24) is 5.43 Å². The molecule has 0 radical (unpaired) electrons. The van der Waals surface area contributed by atoms with Crippen molar-refractivity contribution in [3.8, 4) is 0 Å². The van der Waals surface area contributed by atoms with Gasteiger partial charge in [0.1, 0.15) is 5.58 Å². The number of amides is 1. The number of nitrogens with two attached hydrogens (primary N) is 1. The standard InChI is InChI=1S/C14H12N2O2S2/c15-16-14(17)13-10(8-20-12-6-3-7-19-12)9-4-1-2-5-11(9)18-13/h1-7H,8,15H2,(H,16,17). The number of benzene rings is 1. The van der Waals surface area contributed by atoms with Crippen molar-refractivity contribution < 1.29 is 9.21 Å². The molecule has 0 aliphatic rings. The smallest absolute Gasteiger partial charge is 0.301 e. The second kappa shape index (κ2) is 5.70. The number of carbonyl (C=O) groups is 1. The van der Waals surface area contributed by atoms with Crippen LogP contribution < -0.4 is 11.3 Å². The normalized spacial score (nSPS) is 10.8. The van der Waals surface area contributed by atoms with Crippen LogP contribution >= 0.6 is 23.1 Å². The second-order valence-electron chi connectivity index (χ2n) is 4.10. The first-order valence-corrected chi connectivity index (χ1v) is 7.84. The number of nitrogens with one attached hydrogen (secondary N) is 1. The minimum atomic E-state index is -0.400. The molecule has 0 spiro atoms. The van der Waals surface area contributed by atoms with E-state index < -0.39 is 5.91 Å². The van der Waals surface area contributed by atoms with Crippen LogP contribution in [0.25, 0.3) is 11.0 Å². The van der Waals surface area contributed by atoms with E-state index in [1.165, 1.54) is 4.21 Å². The Labute approximate surface area is 123 Å². The van der Waals surface area contributed by atoms with Crippen molar-refractivity contribution in [3.05, 3.63) is 53.1 Å². The van der Waals surface area contributed by atoms with Crippen molar-refractivity contribution in [1.29, 1.82) is 0 Å². The third-order valence-corrected chi connectivity index (χ3v) is 5.05. The number of hydrogen-bond acceptors (Lipinski definition) is 5. The van der Waals surface area contributed by atoms with Gasteiger partial charge in [0.2, 0.25) is 0 Å². The van der Waals surface area contributed by atoms with Gasteiger partial charge in [-0.3, -0.25) is 10.2 Å². The lowest BCUT2D eigenvalue weighted by Crippen LogP contribution is -2.30. The van der Waals surface area contributed by atoms with Gasteiger partial charge in [-0.15, -0.1) is 23.1 Å². The fourth-order valence-corrected chi connectivity index (χ4v) is 3.79. The number of carbonyl (C=O) groups excluding carboxylic acids is 1. The number of hydrazine groups is 1. The van der Waals surface area contributed by atoms with E-state index >= 15 is 0 Å². The first-order valence-electron chi connectivity index (χ1n) is 5.97. The van der Waals surface area contributed by atoms with Gasteiger partial charge in [-0.2, -0.15) is 0 Å². The second-order valence-corrected chi connectivity index (χ2v) is 6.32. The molecule has 0 atom stereocenters. The number of rotatable bonds is 4. The number of fused-ring (bicyclic) bond motifs is 1. The maximum Gasteiger partial charge on any atom is 0.301 e. The molecule has 0 saturated carbocycles. The predicted octanol–water partition coefficient (Wildman–Crippen LogP) is 3.39. The fraction of sp³-hybridized carbons (Fsp3) is 0.0714. The topological polar surface area (TPSA) is 68.3 Å². The van der Waals surface area contributed by atoms with Crippen LogP contribution in [0, 0.1) is 0 Å². The summed E-state index contributed by atoms with van der Waals surface area (Å²) < 4.78 is 6.82. The fourth-order valence-electron chi connectivity index (χ4n) is 1.98. The van der Waals surface area contributed by atoms with Crippen LogP contribution in [-0.2, 0) is 5.75 Å². The van der Waals surface area contributed by atoms with E-state index in [9.17, 15) is 4.79 Å². The summed E-state index contributed by atoms with van der Waals surface area (Å²) in [7, 11) is 0. The molecule has 3 aromatic rings. The molecular weight excluding hydrogens is 292 g/mol. The minimum Gasteiger partial charge on any atom is -0.451 e. The quantitative estimate of drug-likeness (QED) is 0.335. The van der Waals surface area contributed by atoms with E-state index in [0.29, 0.717) is 11.3 Å². The van der Waals surface area contributed by atoms with E-state index in [1.54, 1.807) is 23.1 Å². The van der Waals surface area contributed by atoms with Crippen molar-refractivity contribution >= 4 is 40.0 Å². The molecule has 0 aliphatic heterocycles. The number of nitrogen functional groups attached to an aromatic ring is 1. The van der Waals surface area contributed by atoms with Crippen molar-refractivity contribution in [2.45, 2.75) is 9.96 Å². The number of thiophene rings is 1. The lowest BCUT2D eigenvalue weighted by molar-refractivity contribution is 0.0927. The highest BCUT2D eigenvalue weighted by Crippen LogP contribution is 2.33. The molecule has 0 fully saturated rings. The largest absolute Gasteiger partial charge is 0.451 e. The van der Waals surface area contributed by atoms with E-state index in [1.807, 2.05) is 35.7 Å². The highest BCUT2D eigenvalue weighted by molar-refractivity contribution is 8.00. The first kappa shape index (κ1) is 13.2. The average Bonchev–Trinajstić information content (AvgIpc) is 3.11. The average molecular weight is 304 g/mol. The van der Waals surface area contributed by atoms with Crippen LogP contribution in [0.4, 0.5) is 0 Å². The maximum absolute atomic E-state index is 11.8. The molecule has 0 aliphatic carbocycles. The monoisotopic (exact) mass is 304 g/mol. The van der Waals surface area contributed by atoms with Crippen molar-refractivity contribution in [3.63, 3.8) is 0 Å². The third-order valence-electron chi connectivity index (χ3n) is 2.89. The molecule has 0 saturated heterocycles. The van der Waals surface area contributed by atoms with Crippen LogP contribution in [0.5, 0.6) is 0 Å². The Kier molecular flexibility index (Phi) is 3.77. The summed E-state index contributed by atoms with van der Waals surface area (Å²) in [5.41, 5.74) is 3.72. The Morgan fingerprint density at radius 1 is 1.30 bits per heavy atom. The van der Waals surface area contributed by atoms with E-state index in [-0.39, 0.29) is 5.76 Å². The molecule has 3 N–H and O–H groups in total. The van der Waals surface area contributed by atoms with Gasteiger partial charge in [0.15, 0.2) is 5.76 Å². The highest BCUT2D eigenvalue weighted by Gasteiger charge is 2.19. The van der Waals surface area contributed by atoms with E-state index in [2.05, 4.69) is 11.5 Å². The van der Waals surface area contributed by atoms with E-state index in [0.717, 1.165) is 10.9 Å². The molecule has 102 valence electrons. The molecule has 4 nitrogen and oxygen atoms in total. The molecule has 2 heterocycles. The molecule has 1 amide bonds. The summed E-state index contributed by atoms with van der Waals surface area (Å²) >= 11 is 3.36. The highest BCUT2D eigenvalue weighted by atomic mass is 32.2. The third kappa shape index (κ3) is 2.45. The minimum absolute atomic E-state index is 0.290. The zero-order valence-electron chi connectivity index (χ0n) is 10.5. The van der Waals surface area contributed by atoms with Gasteiger partial charge in [-0.1, -0.05) is 24.3 Å². The number of para-hydroxylation sites is 1. The van der Waals surface area contributed by atoms with Crippen molar-refractivity contribution in [2.75, 3.05) is 0 Å². The van der Waals surface area contributed by atoms with Crippen LogP contribution in [-0.4, -0.2) is 5.91 Å². The van der Waals surface area contributed by atoms with Gasteiger partial charge >= 0.3 is 5.91 Å². The van der Waals surface area contributed by atoms with Crippen LogP contribution in [0.2, 0.25) is 0 Å². The Hall–Kier alpha value is -1.76. The number of hydrogen-bond donors (Lipinski definition) is 2. The van der Waals surface area contributed by atoms with Crippen LogP contribution in [0.15, 0.2) is 50.4 Å². The molecular formula is C14H12N2O2S2. The molecule has 0 bridgehead atoms. The Morgan fingerprint density at radius 3 is 2.90 bits per heavy atom. The number of thioether (sulfide) groups is 1.